The first-order valence-corrected chi connectivity index (χ1v) is 3.10. The average molecular weight is 127 g/mol. The van der Waals surface area contributed by atoms with Crippen molar-refractivity contribution in [3.8, 4) is 0 Å². The summed E-state index contributed by atoms with van der Waals surface area (Å²) in [6.07, 6.45) is 4.80. The van der Waals surface area contributed by atoms with Gasteiger partial charge in [-0.25, -0.2) is 0 Å². The third kappa shape index (κ3) is 0.730. The van der Waals surface area contributed by atoms with Crippen LogP contribution in [-0.2, 0) is 9.57 Å². The van der Waals surface area contributed by atoms with Crippen molar-refractivity contribution in [1.82, 2.24) is 5.48 Å². The quantitative estimate of drug-likeness (QED) is 0.504. The fraction of sp³-hybridized carbons (Fsp3) is 0.667. The van der Waals surface area contributed by atoms with Crippen molar-refractivity contribution < 1.29 is 9.57 Å². The lowest BCUT2D eigenvalue weighted by atomic mass is 10.1. The first-order chi connectivity index (χ1) is 4.41. The first kappa shape index (κ1) is 5.26. The van der Waals surface area contributed by atoms with E-state index in [9.17, 15) is 0 Å². The summed E-state index contributed by atoms with van der Waals surface area (Å²) in [5.74, 6) is 0. The maximum absolute atomic E-state index is 5.22. The molecule has 2 aliphatic heterocycles. The molecule has 0 aromatic heterocycles. The van der Waals surface area contributed by atoms with Gasteiger partial charge in [0.05, 0.1) is 6.61 Å². The molecule has 1 N–H and O–H groups in total. The molecule has 0 radical (unpaired) electrons. The van der Waals surface area contributed by atoms with E-state index >= 15 is 0 Å². The van der Waals surface area contributed by atoms with E-state index in [0.29, 0.717) is 6.61 Å². The van der Waals surface area contributed by atoms with Crippen LogP contribution in [0.4, 0.5) is 0 Å². The highest BCUT2D eigenvalue weighted by molar-refractivity contribution is 5.06. The average Bonchev–Trinajstić information content (AvgIpc) is 2.45. The molecule has 2 rings (SSSR count). The van der Waals surface area contributed by atoms with E-state index in [1.807, 2.05) is 12.3 Å². The summed E-state index contributed by atoms with van der Waals surface area (Å²) in [7, 11) is 0. The van der Waals surface area contributed by atoms with Crippen LogP contribution < -0.4 is 5.48 Å². The summed E-state index contributed by atoms with van der Waals surface area (Å²) < 4.78 is 5.17. The van der Waals surface area contributed by atoms with Gasteiger partial charge in [-0.3, -0.25) is 10.3 Å². The molecular formula is C6H9NO2. The van der Waals surface area contributed by atoms with Crippen molar-refractivity contribution in [2.75, 3.05) is 13.2 Å². The van der Waals surface area contributed by atoms with Crippen LogP contribution >= 0.6 is 0 Å². The Labute approximate surface area is 53.6 Å². The lowest BCUT2D eigenvalue weighted by molar-refractivity contribution is -0.0398. The van der Waals surface area contributed by atoms with Crippen LogP contribution in [-0.4, -0.2) is 18.8 Å². The Morgan fingerprint density at radius 3 is 3.11 bits per heavy atom. The van der Waals surface area contributed by atoms with E-state index in [1.165, 1.54) is 0 Å². The van der Waals surface area contributed by atoms with Gasteiger partial charge in [0.2, 0.25) is 0 Å². The lowest BCUT2D eigenvalue weighted by Gasteiger charge is -2.15. The second kappa shape index (κ2) is 1.72. The minimum Gasteiger partial charge on any atom is -0.378 e. The molecule has 0 bridgehead atoms. The lowest BCUT2D eigenvalue weighted by Crippen LogP contribution is -2.29. The third-order valence-electron chi connectivity index (χ3n) is 1.73. The predicted molar refractivity (Wildman–Crippen MR) is 31.5 cm³/mol. The van der Waals surface area contributed by atoms with Crippen LogP contribution in [0, 0.1) is 0 Å². The topological polar surface area (TPSA) is 30.5 Å². The van der Waals surface area contributed by atoms with Crippen molar-refractivity contribution in [3.63, 3.8) is 0 Å². The SMILES string of the molecule is C1=CC2(CCOC2)ON1. The Morgan fingerprint density at radius 2 is 2.56 bits per heavy atom. The monoisotopic (exact) mass is 127 g/mol. The minimum atomic E-state index is -0.125. The van der Waals surface area contributed by atoms with Crippen molar-refractivity contribution in [1.29, 1.82) is 0 Å². The van der Waals surface area contributed by atoms with Gasteiger partial charge >= 0.3 is 0 Å². The molecule has 2 aliphatic rings. The smallest absolute Gasteiger partial charge is 0.141 e. The van der Waals surface area contributed by atoms with Crippen LogP contribution in [0.15, 0.2) is 12.3 Å². The van der Waals surface area contributed by atoms with Gasteiger partial charge in [0.15, 0.2) is 0 Å². The fourth-order valence-corrected chi connectivity index (χ4v) is 1.15. The van der Waals surface area contributed by atoms with E-state index in [0.717, 1.165) is 13.0 Å². The number of hydrogen-bond donors (Lipinski definition) is 1. The predicted octanol–water partition coefficient (Wildman–Crippen LogP) is 0.194. The molecule has 0 saturated carbocycles. The summed E-state index contributed by atoms with van der Waals surface area (Å²) in [5, 5.41) is 0. The highest BCUT2D eigenvalue weighted by Gasteiger charge is 2.36. The van der Waals surface area contributed by atoms with Crippen LogP contribution in [0.25, 0.3) is 0 Å². The molecule has 1 unspecified atom stereocenters. The summed E-state index contributed by atoms with van der Waals surface area (Å²) in [5.41, 5.74) is 2.57. The Balaban J connectivity index is 2.13. The number of hydroxylamine groups is 1. The molecule has 0 aromatic carbocycles. The van der Waals surface area contributed by atoms with Gasteiger partial charge in [-0.2, -0.15) is 0 Å². The van der Waals surface area contributed by atoms with E-state index in [4.69, 9.17) is 9.57 Å². The Morgan fingerprint density at radius 1 is 1.56 bits per heavy atom. The van der Waals surface area contributed by atoms with Crippen molar-refractivity contribution in [2.24, 2.45) is 0 Å². The number of hydrogen-bond acceptors (Lipinski definition) is 3. The number of nitrogens with one attached hydrogen (secondary N) is 1. The van der Waals surface area contributed by atoms with Gasteiger partial charge in [-0.05, 0) is 6.08 Å². The molecule has 0 aliphatic carbocycles. The Bertz CT molecular complexity index is 138. The Hall–Kier alpha value is -0.540. The maximum atomic E-state index is 5.22. The summed E-state index contributed by atoms with van der Waals surface area (Å²) in [4.78, 5) is 5.22. The van der Waals surface area contributed by atoms with Gasteiger partial charge in [0.25, 0.3) is 0 Å². The first-order valence-electron chi connectivity index (χ1n) is 3.10. The summed E-state index contributed by atoms with van der Waals surface area (Å²) >= 11 is 0. The molecule has 0 amide bonds. The third-order valence-corrected chi connectivity index (χ3v) is 1.73. The van der Waals surface area contributed by atoms with E-state index in [-0.39, 0.29) is 5.60 Å². The van der Waals surface area contributed by atoms with Gasteiger partial charge in [0.1, 0.15) is 5.60 Å². The van der Waals surface area contributed by atoms with Crippen molar-refractivity contribution >= 4 is 0 Å². The van der Waals surface area contributed by atoms with Gasteiger partial charge in [-0.1, -0.05) is 0 Å². The zero-order chi connectivity index (χ0) is 6.16. The molecule has 3 heteroatoms. The van der Waals surface area contributed by atoms with Gasteiger partial charge < -0.3 is 4.74 Å². The van der Waals surface area contributed by atoms with Crippen molar-refractivity contribution in [2.45, 2.75) is 12.0 Å². The number of rotatable bonds is 0. The Kier molecular flexibility index (Phi) is 1.00. The molecule has 1 fully saturated rings. The van der Waals surface area contributed by atoms with E-state index < -0.39 is 0 Å². The molecular weight excluding hydrogens is 118 g/mol. The van der Waals surface area contributed by atoms with Crippen LogP contribution in [0.1, 0.15) is 6.42 Å². The summed E-state index contributed by atoms with van der Waals surface area (Å²) in [6.45, 7) is 1.50. The molecule has 1 spiro atoms. The number of ether oxygens (including phenoxy) is 1. The summed E-state index contributed by atoms with van der Waals surface area (Å²) in [6, 6.07) is 0. The maximum Gasteiger partial charge on any atom is 0.141 e. The molecule has 1 atom stereocenters. The normalized spacial score (nSPS) is 40.0. The highest BCUT2D eigenvalue weighted by atomic mass is 16.7. The second-order valence-corrected chi connectivity index (χ2v) is 2.42. The largest absolute Gasteiger partial charge is 0.378 e. The van der Waals surface area contributed by atoms with Crippen LogP contribution in [0.3, 0.4) is 0 Å². The standard InChI is InChI=1S/C6H9NO2/c1-3-7-9-6(1)2-4-8-5-6/h1,3,7H,2,4-5H2. The highest BCUT2D eigenvalue weighted by Crippen LogP contribution is 2.25. The molecule has 1 saturated heterocycles. The molecule has 50 valence electrons. The molecule has 9 heavy (non-hydrogen) atoms. The zero-order valence-corrected chi connectivity index (χ0v) is 5.09. The van der Waals surface area contributed by atoms with Crippen molar-refractivity contribution in [3.05, 3.63) is 12.3 Å². The minimum absolute atomic E-state index is 0.125. The molecule has 3 nitrogen and oxygen atoms in total. The second-order valence-electron chi connectivity index (χ2n) is 2.42. The van der Waals surface area contributed by atoms with Crippen LogP contribution in [0.2, 0.25) is 0 Å². The van der Waals surface area contributed by atoms with E-state index in [1.54, 1.807) is 0 Å². The zero-order valence-electron chi connectivity index (χ0n) is 5.09. The fourth-order valence-electron chi connectivity index (χ4n) is 1.15. The van der Waals surface area contributed by atoms with E-state index in [2.05, 4.69) is 5.48 Å². The molecule has 2 heterocycles. The van der Waals surface area contributed by atoms with Crippen LogP contribution in [0.5, 0.6) is 0 Å². The van der Waals surface area contributed by atoms with Gasteiger partial charge in [0, 0.05) is 19.2 Å². The molecule has 0 aromatic rings. The van der Waals surface area contributed by atoms with Gasteiger partial charge in [-0.15, -0.1) is 0 Å².